The molecule has 1 aromatic rings. The molecule has 1 aromatic carbocycles. The molecule has 4 rings (SSSR count). The van der Waals surface area contributed by atoms with E-state index in [2.05, 4.69) is 24.1 Å². The molecule has 3 aliphatic heterocycles. The molecule has 25 heavy (non-hydrogen) atoms. The van der Waals surface area contributed by atoms with Crippen LogP contribution < -0.4 is 10.1 Å². The summed E-state index contributed by atoms with van der Waals surface area (Å²) >= 11 is 0. The van der Waals surface area contributed by atoms with Crippen LogP contribution in [-0.2, 0) is 14.2 Å². The van der Waals surface area contributed by atoms with Gasteiger partial charge in [0.05, 0.1) is 20.3 Å². The van der Waals surface area contributed by atoms with Crippen molar-refractivity contribution in [3.05, 3.63) is 24.3 Å². The summed E-state index contributed by atoms with van der Waals surface area (Å²) in [6.45, 7) is 5.43. The summed E-state index contributed by atoms with van der Waals surface area (Å²) in [7, 11) is 1.60. The Bertz CT molecular complexity index is 657. The number of hydrogen-bond acceptors (Lipinski definition) is 6. The molecule has 0 bridgehead atoms. The third kappa shape index (κ3) is 2.58. The highest BCUT2D eigenvalue weighted by atomic mass is 16.6. The monoisotopic (exact) mass is 348 g/mol. The van der Waals surface area contributed by atoms with Crippen LogP contribution >= 0.6 is 0 Å². The van der Waals surface area contributed by atoms with Crippen LogP contribution in [0.3, 0.4) is 0 Å². The molecule has 0 radical (unpaired) electrons. The van der Waals surface area contributed by atoms with Crippen LogP contribution in [0.4, 0.5) is 10.5 Å². The third-order valence-electron chi connectivity index (χ3n) is 5.59. The number of benzene rings is 1. The molecule has 1 unspecified atom stereocenters. The predicted octanol–water partition coefficient (Wildman–Crippen LogP) is 2.57. The van der Waals surface area contributed by atoms with Gasteiger partial charge in [0, 0.05) is 5.69 Å². The largest absolute Gasteiger partial charge is 0.497 e. The maximum Gasteiger partial charge on any atom is 0.411 e. The number of carbonyl (C=O) groups is 1. The van der Waals surface area contributed by atoms with Gasteiger partial charge >= 0.3 is 6.09 Å². The van der Waals surface area contributed by atoms with Gasteiger partial charge in [0.25, 0.3) is 0 Å². The van der Waals surface area contributed by atoms with E-state index in [4.69, 9.17) is 18.9 Å². The molecule has 0 spiro atoms. The molecular weight excluding hydrogens is 324 g/mol. The lowest BCUT2D eigenvalue weighted by atomic mass is 10.0. The minimum absolute atomic E-state index is 0.236. The summed E-state index contributed by atoms with van der Waals surface area (Å²) in [5.74, 6) is 0.733. The van der Waals surface area contributed by atoms with Gasteiger partial charge in [-0.1, -0.05) is 0 Å². The summed E-state index contributed by atoms with van der Waals surface area (Å²) in [5, 5.41) is 2.73. The number of rotatable bonds is 4. The van der Waals surface area contributed by atoms with E-state index in [0.29, 0.717) is 18.9 Å². The van der Waals surface area contributed by atoms with Crippen molar-refractivity contribution < 1.29 is 23.7 Å². The maximum absolute atomic E-state index is 12.2. The number of ether oxygens (including phenoxy) is 4. The second kappa shape index (κ2) is 5.59. The van der Waals surface area contributed by atoms with Crippen molar-refractivity contribution in [3.63, 3.8) is 0 Å². The van der Waals surface area contributed by atoms with Gasteiger partial charge in [0.2, 0.25) is 0 Å². The molecule has 0 aliphatic carbocycles. The van der Waals surface area contributed by atoms with Crippen LogP contribution in [0.25, 0.3) is 0 Å². The lowest BCUT2D eigenvalue weighted by molar-refractivity contribution is -0.125. The Morgan fingerprint density at radius 2 is 1.76 bits per heavy atom. The van der Waals surface area contributed by atoms with Crippen LogP contribution in [0.1, 0.15) is 26.7 Å². The number of amides is 1. The molecule has 3 atom stereocenters. The first-order valence-electron chi connectivity index (χ1n) is 8.55. The molecule has 0 saturated carbocycles. The molecule has 3 fully saturated rings. The van der Waals surface area contributed by atoms with Gasteiger partial charge < -0.3 is 18.9 Å². The minimum atomic E-state index is -0.485. The van der Waals surface area contributed by atoms with Crippen molar-refractivity contribution in [1.29, 1.82) is 0 Å². The fraction of sp³-hybridized carbons (Fsp3) is 0.611. The van der Waals surface area contributed by atoms with Crippen molar-refractivity contribution in [3.8, 4) is 5.75 Å². The molecule has 7 heteroatoms. The average Bonchev–Trinajstić information content (AvgIpc) is 3.18. The second-order valence-electron chi connectivity index (χ2n) is 7.42. The van der Waals surface area contributed by atoms with Crippen LogP contribution in [0.5, 0.6) is 5.75 Å². The third-order valence-corrected chi connectivity index (χ3v) is 5.59. The molecular formula is C18H24N2O5. The lowest BCUT2D eigenvalue weighted by Crippen LogP contribution is -2.56. The van der Waals surface area contributed by atoms with E-state index < -0.39 is 11.6 Å². The smallest absolute Gasteiger partial charge is 0.411 e. The van der Waals surface area contributed by atoms with Crippen LogP contribution in [0.2, 0.25) is 0 Å². The highest BCUT2D eigenvalue weighted by Gasteiger charge is 2.69. The molecule has 3 heterocycles. The van der Waals surface area contributed by atoms with E-state index in [-0.39, 0.29) is 18.1 Å². The molecule has 1 N–H and O–H groups in total. The Labute approximate surface area is 147 Å². The van der Waals surface area contributed by atoms with E-state index in [1.165, 1.54) is 0 Å². The van der Waals surface area contributed by atoms with Gasteiger partial charge in [-0.05, 0) is 51.0 Å². The van der Waals surface area contributed by atoms with Gasteiger partial charge in [0.15, 0.2) is 0 Å². The number of methoxy groups -OCH3 is 1. The Balaban J connectivity index is 1.40. The fourth-order valence-corrected chi connectivity index (χ4v) is 4.39. The van der Waals surface area contributed by atoms with Crippen LogP contribution in [0.15, 0.2) is 24.3 Å². The van der Waals surface area contributed by atoms with E-state index >= 15 is 0 Å². The molecule has 3 saturated heterocycles. The van der Waals surface area contributed by atoms with Gasteiger partial charge in [0.1, 0.15) is 29.3 Å². The summed E-state index contributed by atoms with van der Waals surface area (Å²) in [5.41, 5.74) is -0.413. The van der Waals surface area contributed by atoms with Crippen LogP contribution in [-0.4, -0.2) is 54.9 Å². The van der Waals surface area contributed by atoms with Crippen LogP contribution in [0, 0.1) is 0 Å². The van der Waals surface area contributed by atoms with Gasteiger partial charge in [-0.2, -0.15) is 0 Å². The van der Waals surface area contributed by atoms with E-state index in [1.807, 2.05) is 0 Å². The predicted molar refractivity (Wildman–Crippen MR) is 90.5 cm³/mol. The van der Waals surface area contributed by atoms with Gasteiger partial charge in [-0.25, -0.2) is 9.69 Å². The lowest BCUT2D eigenvalue weighted by Gasteiger charge is -2.37. The highest BCUT2D eigenvalue weighted by Crippen LogP contribution is 2.55. The maximum atomic E-state index is 12.2. The van der Waals surface area contributed by atoms with Crippen molar-refractivity contribution >= 4 is 11.8 Å². The first-order valence-corrected chi connectivity index (χ1v) is 8.55. The van der Waals surface area contributed by atoms with Gasteiger partial charge in [-0.15, -0.1) is 0 Å². The number of anilines is 1. The molecule has 3 aliphatic rings. The Morgan fingerprint density at radius 3 is 2.32 bits per heavy atom. The zero-order chi connectivity index (χ0) is 17.7. The molecule has 1 amide bonds. The number of nitrogens with one attached hydrogen (secondary N) is 1. The number of nitrogens with zero attached hydrogens (tertiary/aromatic N) is 1. The molecule has 7 nitrogen and oxygen atoms in total. The Kier molecular flexibility index (Phi) is 3.72. The molecule has 136 valence electrons. The average molecular weight is 348 g/mol. The number of carbonyl (C=O) groups excluding carboxylic acids is 1. The van der Waals surface area contributed by atoms with E-state index in [0.717, 1.165) is 18.6 Å². The summed E-state index contributed by atoms with van der Waals surface area (Å²) < 4.78 is 22.8. The second-order valence-corrected chi connectivity index (χ2v) is 7.42. The summed E-state index contributed by atoms with van der Waals surface area (Å²) in [4.78, 5) is 14.5. The van der Waals surface area contributed by atoms with Crippen molar-refractivity contribution in [2.75, 3.05) is 32.2 Å². The summed E-state index contributed by atoms with van der Waals surface area (Å²) in [6.07, 6.45) is 1.35. The summed E-state index contributed by atoms with van der Waals surface area (Å²) in [6, 6.07) is 7.10. The quantitative estimate of drug-likeness (QED) is 0.902. The minimum Gasteiger partial charge on any atom is -0.497 e. The SMILES string of the molecule is COc1ccc(NC(=O)OCC23CO[C@]4(C)CC[C@](C)(OC2)N34)cc1. The van der Waals surface area contributed by atoms with Crippen molar-refractivity contribution in [2.45, 2.75) is 43.7 Å². The standard InChI is InChI=1S/C18H24N2O5/c1-16-8-9-17(2)20(16)18(11-24-16,12-25-17)10-23-15(21)19-13-4-6-14(22-3)7-5-13/h4-7H,8-12H2,1-3H3,(H,19,21)/t16-,17+,18?. The first kappa shape index (κ1) is 16.6. The highest BCUT2D eigenvalue weighted by molar-refractivity contribution is 5.84. The van der Waals surface area contributed by atoms with Crippen molar-refractivity contribution in [1.82, 2.24) is 4.90 Å². The number of hydrogen-bond donors (Lipinski definition) is 1. The van der Waals surface area contributed by atoms with Gasteiger partial charge in [-0.3, -0.25) is 5.32 Å². The zero-order valence-electron chi connectivity index (χ0n) is 14.8. The topological polar surface area (TPSA) is 69.3 Å². The van der Waals surface area contributed by atoms with Crippen molar-refractivity contribution in [2.24, 2.45) is 0 Å². The fourth-order valence-electron chi connectivity index (χ4n) is 4.39. The normalized spacial score (nSPS) is 36.3. The Morgan fingerprint density at radius 1 is 1.16 bits per heavy atom. The molecule has 0 aromatic heterocycles. The zero-order valence-corrected chi connectivity index (χ0v) is 14.8. The van der Waals surface area contributed by atoms with E-state index in [9.17, 15) is 4.79 Å². The Hall–Kier alpha value is -1.83. The first-order chi connectivity index (χ1) is 11.9. The van der Waals surface area contributed by atoms with E-state index in [1.54, 1.807) is 31.4 Å².